The van der Waals surface area contributed by atoms with Gasteiger partial charge in [-0.3, -0.25) is 0 Å². The Morgan fingerprint density at radius 1 is 1.04 bits per heavy atom. The fourth-order valence-corrected chi connectivity index (χ4v) is 2.34. The van der Waals surface area contributed by atoms with Gasteiger partial charge >= 0.3 is 0 Å². The highest BCUT2D eigenvalue weighted by atomic mass is 16.5. The molecule has 2 N–H and O–H groups in total. The van der Waals surface area contributed by atoms with Crippen molar-refractivity contribution in [3.05, 3.63) is 66.4 Å². The van der Waals surface area contributed by atoms with Crippen LogP contribution in [0.2, 0.25) is 0 Å². The number of hydrogen-bond acceptors (Lipinski definition) is 7. The average molecular weight is 361 g/mol. The van der Waals surface area contributed by atoms with Crippen LogP contribution in [0.1, 0.15) is 5.56 Å². The van der Waals surface area contributed by atoms with Gasteiger partial charge in [0.25, 0.3) is 0 Å². The number of ether oxygens (including phenoxy) is 2. The molecule has 136 valence electrons. The van der Waals surface area contributed by atoms with E-state index < -0.39 is 0 Å². The standard InChI is InChI=1S/C20H19N5O2/c1-26-16-6-8-17(9-7-16)27-13-12-23-20-22-11-10-19(25-20)24-18-5-3-2-4-15(18)14-21/h2-11H,12-13H2,1H3,(H2,22,23,24,25). The molecule has 7 heteroatoms. The van der Waals surface area contributed by atoms with E-state index >= 15 is 0 Å². The van der Waals surface area contributed by atoms with Crippen molar-refractivity contribution < 1.29 is 9.47 Å². The Morgan fingerprint density at radius 2 is 1.81 bits per heavy atom. The molecular weight excluding hydrogens is 342 g/mol. The Kier molecular flexibility index (Phi) is 6.04. The molecule has 0 atom stereocenters. The molecule has 0 saturated heterocycles. The van der Waals surface area contributed by atoms with Gasteiger partial charge in [0.15, 0.2) is 0 Å². The first-order chi connectivity index (χ1) is 13.3. The number of nitrogens with zero attached hydrogens (tertiary/aromatic N) is 3. The van der Waals surface area contributed by atoms with E-state index in [1.54, 1.807) is 25.4 Å². The molecule has 0 unspecified atom stereocenters. The highest BCUT2D eigenvalue weighted by molar-refractivity contribution is 5.64. The SMILES string of the molecule is COc1ccc(OCCNc2nccc(Nc3ccccc3C#N)n2)cc1. The molecular formula is C20H19N5O2. The van der Waals surface area contributed by atoms with Crippen LogP contribution in [0, 0.1) is 11.3 Å². The van der Waals surface area contributed by atoms with E-state index in [9.17, 15) is 0 Å². The van der Waals surface area contributed by atoms with Crippen molar-refractivity contribution in [1.82, 2.24) is 9.97 Å². The molecule has 0 aliphatic carbocycles. The Balaban J connectivity index is 1.52. The van der Waals surface area contributed by atoms with Crippen molar-refractivity contribution in [2.24, 2.45) is 0 Å². The van der Waals surface area contributed by atoms with Crippen molar-refractivity contribution >= 4 is 17.5 Å². The summed E-state index contributed by atoms with van der Waals surface area (Å²) in [6, 6.07) is 18.6. The lowest BCUT2D eigenvalue weighted by atomic mass is 10.2. The number of benzene rings is 2. The van der Waals surface area contributed by atoms with E-state index in [-0.39, 0.29) is 0 Å². The van der Waals surface area contributed by atoms with Gasteiger partial charge in [0, 0.05) is 6.20 Å². The highest BCUT2D eigenvalue weighted by Crippen LogP contribution is 2.19. The minimum absolute atomic E-state index is 0.463. The Hall–Kier alpha value is -3.79. The molecule has 0 spiro atoms. The topological polar surface area (TPSA) is 92.1 Å². The third kappa shape index (κ3) is 5.09. The maximum Gasteiger partial charge on any atom is 0.224 e. The second-order valence-electron chi connectivity index (χ2n) is 5.50. The van der Waals surface area contributed by atoms with Crippen molar-refractivity contribution in [3.63, 3.8) is 0 Å². The minimum atomic E-state index is 0.463. The number of nitrogens with one attached hydrogen (secondary N) is 2. The number of para-hydroxylation sites is 1. The third-order valence-electron chi connectivity index (χ3n) is 3.68. The van der Waals surface area contributed by atoms with E-state index in [0.717, 1.165) is 11.5 Å². The summed E-state index contributed by atoms with van der Waals surface area (Å²) in [5.41, 5.74) is 1.26. The second kappa shape index (κ2) is 9.06. The summed E-state index contributed by atoms with van der Waals surface area (Å²) in [5.74, 6) is 2.64. The largest absolute Gasteiger partial charge is 0.497 e. The van der Waals surface area contributed by atoms with Crippen molar-refractivity contribution in [2.45, 2.75) is 0 Å². The van der Waals surface area contributed by atoms with Crippen LogP contribution in [0.5, 0.6) is 11.5 Å². The maximum atomic E-state index is 9.16. The summed E-state index contributed by atoms with van der Waals surface area (Å²) in [5, 5.41) is 15.4. The molecule has 0 amide bonds. The molecule has 2 aromatic carbocycles. The van der Waals surface area contributed by atoms with E-state index in [0.29, 0.717) is 36.2 Å². The first-order valence-electron chi connectivity index (χ1n) is 8.38. The van der Waals surface area contributed by atoms with Gasteiger partial charge in [-0.05, 0) is 42.5 Å². The van der Waals surface area contributed by atoms with E-state index in [2.05, 4.69) is 26.7 Å². The zero-order valence-corrected chi connectivity index (χ0v) is 14.8. The fraction of sp³-hybridized carbons (Fsp3) is 0.150. The second-order valence-corrected chi connectivity index (χ2v) is 5.50. The van der Waals surface area contributed by atoms with Gasteiger partial charge in [-0.15, -0.1) is 0 Å². The molecule has 27 heavy (non-hydrogen) atoms. The van der Waals surface area contributed by atoms with Crippen LogP contribution in [0.3, 0.4) is 0 Å². The Bertz CT molecular complexity index is 922. The number of anilines is 3. The van der Waals surface area contributed by atoms with Crippen LogP contribution >= 0.6 is 0 Å². The predicted molar refractivity (Wildman–Crippen MR) is 103 cm³/mol. The molecule has 0 fully saturated rings. The molecule has 3 aromatic rings. The van der Waals surface area contributed by atoms with E-state index in [1.165, 1.54) is 0 Å². The molecule has 0 saturated carbocycles. The Morgan fingerprint density at radius 3 is 2.59 bits per heavy atom. The van der Waals surface area contributed by atoms with Crippen LogP contribution in [-0.4, -0.2) is 30.2 Å². The van der Waals surface area contributed by atoms with Gasteiger partial charge < -0.3 is 20.1 Å². The minimum Gasteiger partial charge on any atom is -0.497 e. The fourth-order valence-electron chi connectivity index (χ4n) is 2.34. The molecule has 7 nitrogen and oxygen atoms in total. The summed E-state index contributed by atoms with van der Waals surface area (Å²) in [6.45, 7) is 1.01. The molecule has 0 radical (unpaired) electrons. The first kappa shape index (κ1) is 18.0. The zero-order chi connectivity index (χ0) is 18.9. The lowest BCUT2D eigenvalue weighted by molar-refractivity contribution is 0.331. The van der Waals surface area contributed by atoms with E-state index in [4.69, 9.17) is 14.7 Å². The van der Waals surface area contributed by atoms with Crippen LogP contribution < -0.4 is 20.1 Å². The van der Waals surface area contributed by atoms with Gasteiger partial charge in [0.1, 0.15) is 30.0 Å². The van der Waals surface area contributed by atoms with Gasteiger partial charge in [-0.1, -0.05) is 12.1 Å². The molecule has 1 heterocycles. The van der Waals surface area contributed by atoms with Crippen LogP contribution in [-0.2, 0) is 0 Å². The number of methoxy groups -OCH3 is 1. The monoisotopic (exact) mass is 361 g/mol. The van der Waals surface area contributed by atoms with Gasteiger partial charge in [-0.25, -0.2) is 4.98 Å². The molecule has 1 aromatic heterocycles. The van der Waals surface area contributed by atoms with Gasteiger partial charge in [0.05, 0.1) is 24.9 Å². The van der Waals surface area contributed by atoms with Crippen LogP contribution in [0.4, 0.5) is 17.5 Å². The summed E-state index contributed by atoms with van der Waals surface area (Å²) in [6.07, 6.45) is 1.65. The summed E-state index contributed by atoms with van der Waals surface area (Å²) in [7, 11) is 1.63. The zero-order valence-electron chi connectivity index (χ0n) is 14.8. The van der Waals surface area contributed by atoms with Gasteiger partial charge in [0.2, 0.25) is 5.95 Å². The first-order valence-corrected chi connectivity index (χ1v) is 8.38. The predicted octanol–water partition coefficient (Wildman–Crippen LogP) is 3.59. The smallest absolute Gasteiger partial charge is 0.224 e. The van der Waals surface area contributed by atoms with Crippen molar-refractivity contribution in [1.29, 1.82) is 5.26 Å². The quantitative estimate of drug-likeness (QED) is 0.592. The normalized spacial score (nSPS) is 9.93. The van der Waals surface area contributed by atoms with E-state index in [1.807, 2.05) is 42.5 Å². The maximum absolute atomic E-state index is 9.16. The number of nitriles is 1. The highest BCUT2D eigenvalue weighted by Gasteiger charge is 2.04. The van der Waals surface area contributed by atoms with Crippen molar-refractivity contribution in [3.8, 4) is 17.6 Å². The Labute approximate surface area is 157 Å². The summed E-state index contributed by atoms with van der Waals surface area (Å²) in [4.78, 5) is 8.59. The third-order valence-corrected chi connectivity index (χ3v) is 3.68. The van der Waals surface area contributed by atoms with Gasteiger partial charge in [-0.2, -0.15) is 10.2 Å². The van der Waals surface area contributed by atoms with Crippen LogP contribution in [0.15, 0.2) is 60.8 Å². The number of aromatic nitrogens is 2. The number of hydrogen-bond donors (Lipinski definition) is 2. The molecule has 0 bridgehead atoms. The average Bonchev–Trinajstić information content (AvgIpc) is 2.72. The van der Waals surface area contributed by atoms with Crippen molar-refractivity contribution in [2.75, 3.05) is 30.9 Å². The number of rotatable bonds is 8. The van der Waals surface area contributed by atoms with Crippen LogP contribution in [0.25, 0.3) is 0 Å². The molecule has 3 rings (SSSR count). The lowest BCUT2D eigenvalue weighted by Crippen LogP contribution is -2.13. The summed E-state index contributed by atoms with van der Waals surface area (Å²) >= 11 is 0. The molecule has 0 aliphatic rings. The summed E-state index contributed by atoms with van der Waals surface area (Å²) < 4.78 is 10.8. The lowest BCUT2D eigenvalue weighted by Gasteiger charge is -2.10. The molecule has 0 aliphatic heterocycles.